The van der Waals surface area contributed by atoms with Crippen LogP contribution in [0.25, 0.3) is 27.6 Å². The lowest BCUT2D eigenvalue weighted by Gasteiger charge is -2.39. The smallest absolute Gasteiger partial charge is 0.410 e. The van der Waals surface area contributed by atoms with Crippen LogP contribution in [0.1, 0.15) is 55.2 Å². The Kier molecular flexibility index (Phi) is 7.48. The Morgan fingerprint density at radius 2 is 1.89 bits per heavy atom. The molecular formula is C33H34FN7O3. The fourth-order valence-corrected chi connectivity index (χ4v) is 5.68. The maximum absolute atomic E-state index is 16.0. The molecule has 0 saturated carbocycles. The number of aromatic nitrogens is 5. The zero-order valence-electron chi connectivity index (χ0n) is 25.4. The van der Waals surface area contributed by atoms with Crippen LogP contribution in [0.4, 0.5) is 15.0 Å². The minimum absolute atomic E-state index is 0.121. The van der Waals surface area contributed by atoms with Gasteiger partial charge in [-0.1, -0.05) is 23.4 Å². The summed E-state index contributed by atoms with van der Waals surface area (Å²) in [5.74, 6) is -0.844. The predicted octanol–water partition coefficient (Wildman–Crippen LogP) is 6.17. The first-order valence-corrected chi connectivity index (χ1v) is 14.6. The maximum Gasteiger partial charge on any atom is 0.410 e. The summed E-state index contributed by atoms with van der Waals surface area (Å²) in [6.45, 7) is 9.98. The van der Waals surface area contributed by atoms with E-state index in [1.54, 1.807) is 28.1 Å². The summed E-state index contributed by atoms with van der Waals surface area (Å²) in [7, 11) is 0. The van der Waals surface area contributed by atoms with Gasteiger partial charge in [0.1, 0.15) is 22.8 Å². The number of carbonyl (C=O) groups is 2. The average molecular weight is 596 g/mol. The summed E-state index contributed by atoms with van der Waals surface area (Å²) in [6.07, 6.45) is 2.45. The third kappa shape index (κ3) is 5.57. The number of hydrogen-bond acceptors (Lipinski definition) is 7. The molecule has 10 nitrogen and oxygen atoms in total. The Hall–Kier alpha value is -4.93. The van der Waals surface area contributed by atoms with Crippen molar-refractivity contribution in [3.63, 3.8) is 0 Å². The molecule has 2 aromatic carbocycles. The largest absolute Gasteiger partial charge is 0.444 e. The van der Waals surface area contributed by atoms with Gasteiger partial charge in [-0.3, -0.25) is 9.69 Å². The van der Waals surface area contributed by atoms with Gasteiger partial charge in [0, 0.05) is 36.4 Å². The number of halogens is 1. The number of aryl methyl sites for hydroxylation is 2. The normalized spacial score (nSPS) is 15.5. The molecule has 226 valence electrons. The first-order chi connectivity index (χ1) is 21.0. The van der Waals surface area contributed by atoms with Crippen molar-refractivity contribution in [2.75, 3.05) is 18.0 Å². The molecule has 0 spiro atoms. The standard InChI is InChI=1S/C33H34FN7O3/c1-20-8-6-9-22-15-16-35-30(28(20)22)40(24-10-7-17-39(19-24)32(43)44-33(3,4)5)31(42)25-13-12-23(18-26(25)34)41-29-27(37-38-41)14-11-21(2)36-29/h6,8-9,11-16,18,24H,7,10,17,19H2,1-5H3/t24-/m1/s1. The molecule has 4 heterocycles. The molecule has 0 aliphatic carbocycles. The fraction of sp³-hybridized carbons (Fsp3) is 0.333. The summed E-state index contributed by atoms with van der Waals surface area (Å²) in [4.78, 5) is 39.8. The minimum Gasteiger partial charge on any atom is -0.444 e. The van der Waals surface area contributed by atoms with Gasteiger partial charge in [-0.05, 0) is 88.7 Å². The number of likely N-dealkylation sites (tertiary alicyclic amines) is 1. The number of benzene rings is 2. The molecule has 1 fully saturated rings. The van der Waals surface area contributed by atoms with E-state index in [4.69, 9.17) is 4.74 Å². The van der Waals surface area contributed by atoms with Gasteiger partial charge in [-0.25, -0.2) is 19.2 Å². The lowest BCUT2D eigenvalue weighted by atomic mass is 10.00. The average Bonchev–Trinajstić information content (AvgIpc) is 3.40. The highest BCUT2D eigenvalue weighted by atomic mass is 19.1. The van der Waals surface area contributed by atoms with E-state index in [0.717, 1.165) is 22.0 Å². The zero-order chi connectivity index (χ0) is 31.2. The van der Waals surface area contributed by atoms with E-state index in [0.29, 0.717) is 42.1 Å². The topological polar surface area (TPSA) is 106 Å². The summed E-state index contributed by atoms with van der Waals surface area (Å²) in [6, 6.07) is 15.3. The van der Waals surface area contributed by atoms with Gasteiger partial charge in [-0.2, -0.15) is 4.68 Å². The lowest BCUT2D eigenvalue weighted by molar-refractivity contribution is 0.0196. The van der Waals surface area contributed by atoms with E-state index in [2.05, 4.69) is 20.3 Å². The van der Waals surface area contributed by atoms with Crippen LogP contribution in [-0.2, 0) is 4.74 Å². The highest BCUT2D eigenvalue weighted by Crippen LogP contribution is 2.33. The summed E-state index contributed by atoms with van der Waals surface area (Å²) >= 11 is 0. The van der Waals surface area contributed by atoms with E-state index < -0.39 is 29.5 Å². The number of anilines is 1. The molecule has 1 atom stereocenters. The maximum atomic E-state index is 16.0. The second-order valence-electron chi connectivity index (χ2n) is 12.2. The first-order valence-electron chi connectivity index (χ1n) is 14.6. The molecule has 5 aromatic rings. The predicted molar refractivity (Wildman–Crippen MR) is 165 cm³/mol. The summed E-state index contributed by atoms with van der Waals surface area (Å²) < 4.78 is 23.1. The molecule has 44 heavy (non-hydrogen) atoms. The van der Waals surface area contributed by atoms with Gasteiger partial charge >= 0.3 is 6.09 Å². The summed E-state index contributed by atoms with van der Waals surface area (Å²) in [5, 5.41) is 9.99. The van der Waals surface area contributed by atoms with E-state index in [-0.39, 0.29) is 12.1 Å². The number of amides is 2. The first kappa shape index (κ1) is 29.2. The number of pyridine rings is 2. The number of carbonyl (C=O) groups excluding carboxylic acids is 2. The second-order valence-corrected chi connectivity index (χ2v) is 12.2. The molecule has 1 aliphatic heterocycles. The quantitative estimate of drug-likeness (QED) is 0.245. The molecule has 0 N–H and O–H groups in total. The number of rotatable bonds is 4. The van der Waals surface area contributed by atoms with Crippen LogP contribution in [0.15, 0.2) is 60.8 Å². The number of piperidine rings is 1. The molecule has 1 saturated heterocycles. The van der Waals surface area contributed by atoms with Crippen LogP contribution >= 0.6 is 0 Å². The third-order valence-electron chi connectivity index (χ3n) is 7.70. The molecule has 0 unspecified atom stereocenters. The van der Waals surface area contributed by atoms with Gasteiger partial charge < -0.3 is 9.64 Å². The monoisotopic (exact) mass is 595 g/mol. The van der Waals surface area contributed by atoms with Crippen LogP contribution < -0.4 is 4.90 Å². The Balaban J connectivity index is 1.42. The fourth-order valence-electron chi connectivity index (χ4n) is 5.68. The van der Waals surface area contributed by atoms with Crippen molar-refractivity contribution in [3.8, 4) is 5.69 Å². The molecule has 1 aliphatic rings. The van der Waals surface area contributed by atoms with Crippen molar-refractivity contribution in [1.82, 2.24) is 29.9 Å². The van der Waals surface area contributed by atoms with Crippen LogP contribution in [0.5, 0.6) is 0 Å². The number of fused-ring (bicyclic) bond motifs is 2. The van der Waals surface area contributed by atoms with E-state index in [1.165, 1.54) is 16.8 Å². The van der Waals surface area contributed by atoms with Crippen LogP contribution in [-0.4, -0.2) is 66.6 Å². The van der Waals surface area contributed by atoms with Crippen LogP contribution in [0.2, 0.25) is 0 Å². The second kappa shape index (κ2) is 11.3. The molecular weight excluding hydrogens is 561 g/mol. The van der Waals surface area contributed by atoms with Gasteiger partial charge in [0.15, 0.2) is 5.65 Å². The van der Waals surface area contributed by atoms with Crippen molar-refractivity contribution in [2.45, 2.75) is 59.1 Å². The Morgan fingerprint density at radius 3 is 2.66 bits per heavy atom. The molecule has 0 radical (unpaired) electrons. The Bertz CT molecular complexity index is 1890. The molecule has 2 amide bonds. The molecule has 0 bridgehead atoms. The Labute approximate surface area is 254 Å². The Morgan fingerprint density at radius 1 is 1.07 bits per heavy atom. The lowest BCUT2D eigenvalue weighted by Crippen LogP contribution is -2.53. The highest BCUT2D eigenvalue weighted by Gasteiger charge is 2.36. The minimum atomic E-state index is -0.717. The molecule has 11 heteroatoms. The van der Waals surface area contributed by atoms with Gasteiger partial charge in [-0.15, -0.1) is 5.10 Å². The van der Waals surface area contributed by atoms with Gasteiger partial charge in [0.25, 0.3) is 5.91 Å². The SMILES string of the molecule is Cc1ccc2nnn(-c3ccc(C(=O)N(c4nccc5cccc(C)c45)[C@@H]4CCCN(C(=O)OC(C)(C)C)C4)c(F)c3)c2n1. The third-order valence-corrected chi connectivity index (χ3v) is 7.70. The van der Waals surface area contributed by atoms with Gasteiger partial charge in [0.05, 0.1) is 17.3 Å². The van der Waals surface area contributed by atoms with Crippen molar-refractivity contribution in [1.29, 1.82) is 0 Å². The van der Waals surface area contributed by atoms with Crippen molar-refractivity contribution >= 4 is 39.8 Å². The molecule has 3 aromatic heterocycles. The van der Waals surface area contributed by atoms with Crippen molar-refractivity contribution in [2.24, 2.45) is 0 Å². The summed E-state index contributed by atoms with van der Waals surface area (Å²) in [5.41, 5.74) is 2.37. The zero-order valence-corrected chi connectivity index (χ0v) is 25.4. The van der Waals surface area contributed by atoms with E-state index in [1.807, 2.05) is 65.0 Å². The van der Waals surface area contributed by atoms with Crippen LogP contribution in [0, 0.1) is 19.7 Å². The van der Waals surface area contributed by atoms with Gasteiger partial charge in [0.2, 0.25) is 0 Å². The van der Waals surface area contributed by atoms with E-state index >= 15 is 4.39 Å². The number of ether oxygens (including phenoxy) is 1. The highest BCUT2D eigenvalue weighted by molar-refractivity contribution is 6.11. The van der Waals surface area contributed by atoms with Crippen LogP contribution in [0.3, 0.4) is 0 Å². The van der Waals surface area contributed by atoms with E-state index in [9.17, 15) is 9.59 Å². The number of hydrogen-bond donors (Lipinski definition) is 0. The number of nitrogens with zero attached hydrogens (tertiary/aromatic N) is 7. The van der Waals surface area contributed by atoms with Crippen molar-refractivity contribution < 1.29 is 18.7 Å². The van der Waals surface area contributed by atoms with Crippen molar-refractivity contribution in [3.05, 3.63) is 83.4 Å². The molecule has 6 rings (SSSR count).